The largest absolute Gasteiger partial charge is 0.481 e. The second-order valence-corrected chi connectivity index (χ2v) is 2.80. The molecule has 0 aromatic rings. The fourth-order valence-corrected chi connectivity index (χ4v) is 0.758. The summed E-state index contributed by atoms with van der Waals surface area (Å²) in [5.74, 6) is -1.04. The van der Waals surface area contributed by atoms with Gasteiger partial charge in [-0.1, -0.05) is 19.1 Å². The van der Waals surface area contributed by atoms with Gasteiger partial charge in [0.1, 0.15) is 0 Å². The van der Waals surface area contributed by atoms with E-state index in [0.717, 1.165) is 13.0 Å². The van der Waals surface area contributed by atoms with Crippen molar-refractivity contribution in [3.8, 4) is 0 Å². The van der Waals surface area contributed by atoms with Gasteiger partial charge in [-0.15, -0.1) is 0 Å². The van der Waals surface area contributed by atoms with E-state index in [2.05, 4.69) is 11.4 Å². The Balaban J connectivity index is 3.25. The van der Waals surface area contributed by atoms with Gasteiger partial charge in [-0.05, 0) is 19.9 Å². The van der Waals surface area contributed by atoms with E-state index in [0.29, 0.717) is 6.54 Å². The lowest BCUT2D eigenvalue weighted by Gasteiger charge is -2.06. The smallest absolute Gasteiger partial charge is 0.307 e. The van der Waals surface area contributed by atoms with Crippen LogP contribution >= 0.6 is 0 Å². The number of hydrogen-bond acceptors (Lipinski definition) is 2. The summed E-state index contributed by atoms with van der Waals surface area (Å²) in [7, 11) is 0. The number of carboxylic acid groups (broad SMARTS) is 1. The van der Waals surface area contributed by atoms with Gasteiger partial charge in [0.05, 0.1) is 5.92 Å². The molecule has 0 rings (SSSR count). The highest BCUT2D eigenvalue weighted by Crippen LogP contribution is 1.91. The maximum atomic E-state index is 10.4. The third-order valence-corrected chi connectivity index (χ3v) is 1.60. The Bertz CT molecular complexity index is 155. The van der Waals surface area contributed by atoms with Gasteiger partial charge in [0.15, 0.2) is 0 Å². The van der Waals surface area contributed by atoms with Gasteiger partial charge < -0.3 is 10.4 Å². The van der Waals surface area contributed by atoms with Crippen LogP contribution in [-0.2, 0) is 4.79 Å². The van der Waals surface area contributed by atoms with Crippen LogP contribution in [0.25, 0.3) is 0 Å². The molecule has 0 aromatic carbocycles. The molecule has 3 nitrogen and oxygen atoms in total. The topological polar surface area (TPSA) is 49.3 Å². The third-order valence-electron chi connectivity index (χ3n) is 1.60. The minimum Gasteiger partial charge on any atom is -0.481 e. The summed E-state index contributed by atoms with van der Waals surface area (Å²) in [6.07, 6.45) is 5.00. The molecule has 1 atom stereocenters. The summed E-state index contributed by atoms with van der Waals surface area (Å²) >= 11 is 0. The highest BCUT2D eigenvalue weighted by Gasteiger charge is 2.08. The molecule has 1 unspecified atom stereocenters. The number of hydrogen-bond donors (Lipinski definition) is 2. The fraction of sp³-hybridized carbons (Fsp3) is 0.667. The van der Waals surface area contributed by atoms with Crippen molar-refractivity contribution in [1.82, 2.24) is 5.32 Å². The molecule has 0 spiro atoms. The third kappa shape index (κ3) is 5.92. The summed E-state index contributed by atoms with van der Waals surface area (Å²) in [5.41, 5.74) is 0. The Labute approximate surface area is 73.5 Å². The molecule has 0 radical (unpaired) electrons. The normalized spacial score (nSPS) is 13.5. The molecule has 0 aliphatic carbocycles. The first-order valence-corrected chi connectivity index (χ1v) is 4.23. The zero-order valence-electron chi connectivity index (χ0n) is 7.71. The van der Waals surface area contributed by atoms with Crippen LogP contribution in [0.1, 0.15) is 20.3 Å². The van der Waals surface area contributed by atoms with E-state index in [1.54, 1.807) is 6.92 Å². The second-order valence-electron chi connectivity index (χ2n) is 2.80. The van der Waals surface area contributed by atoms with Crippen LogP contribution in [0.3, 0.4) is 0 Å². The number of rotatable bonds is 6. The Hall–Kier alpha value is -0.830. The van der Waals surface area contributed by atoms with Gasteiger partial charge in [-0.3, -0.25) is 4.79 Å². The number of aliphatic carboxylic acids is 1. The van der Waals surface area contributed by atoms with Crippen molar-refractivity contribution in [1.29, 1.82) is 0 Å². The van der Waals surface area contributed by atoms with Crippen LogP contribution in [0.4, 0.5) is 0 Å². The van der Waals surface area contributed by atoms with Gasteiger partial charge >= 0.3 is 5.97 Å². The first-order valence-electron chi connectivity index (χ1n) is 4.23. The Morgan fingerprint density at radius 3 is 2.83 bits per heavy atom. The van der Waals surface area contributed by atoms with Crippen LogP contribution in [0.2, 0.25) is 0 Å². The molecular formula is C9H17NO2. The molecule has 0 bridgehead atoms. The van der Waals surface area contributed by atoms with E-state index in [4.69, 9.17) is 5.11 Å². The lowest BCUT2D eigenvalue weighted by molar-refractivity contribution is -0.140. The van der Waals surface area contributed by atoms with E-state index in [1.165, 1.54) is 0 Å². The molecule has 0 saturated carbocycles. The van der Waals surface area contributed by atoms with Crippen LogP contribution in [-0.4, -0.2) is 24.2 Å². The molecule has 0 saturated heterocycles. The van der Waals surface area contributed by atoms with Gasteiger partial charge in [0, 0.05) is 6.54 Å². The van der Waals surface area contributed by atoms with Crippen molar-refractivity contribution in [3.63, 3.8) is 0 Å². The van der Waals surface area contributed by atoms with Crippen molar-refractivity contribution in [2.45, 2.75) is 20.3 Å². The van der Waals surface area contributed by atoms with Gasteiger partial charge in [0.2, 0.25) is 0 Å². The predicted molar refractivity (Wildman–Crippen MR) is 49.1 cm³/mol. The summed E-state index contributed by atoms with van der Waals surface area (Å²) in [4.78, 5) is 10.4. The van der Waals surface area contributed by atoms with Gasteiger partial charge in [0.25, 0.3) is 0 Å². The molecule has 0 heterocycles. The van der Waals surface area contributed by atoms with Gasteiger partial charge in [-0.25, -0.2) is 0 Å². The maximum absolute atomic E-state index is 10.4. The van der Waals surface area contributed by atoms with Crippen LogP contribution in [0, 0.1) is 5.92 Å². The van der Waals surface area contributed by atoms with E-state index in [9.17, 15) is 4.79 Å². The van der Waals surface area contributed by atoms with Crippen LogP contribution < -0.4 is 5.32 Å². The second kappa shape index (κ2) is 6.85. The molecule has 3 heteroatoms. The quantitative estimate of drug-likeness (QED) is 0.467. The fourth-order valence-electron chi connectivity index (χ4n) is 0.758. The van der Waals surface area contributed by atoms with E-state index in [1.807, 2.05) is 13.0 Å². The minimum atomic E-state index is -0.742. The average molecular weight is 171 g/mol. The first kappa shape index (κ1) is 11.2. The zero-order chi connectivity index (χ0) is 9.40. The van der Waals surface area contributed by atoms with E-state index >= 15 is 0 Å². The van der Waals surface area contributed by atoms with Crippen molar-refractivity contribution in [2.24, 2.45) is 5.92 Å². The molecule has 0 aliphatic rings. The zero-order valence-corrected chi connectivity index (χ0v) is 7.71. The average Bonchev–Trinajstić information content (AvgIpc) is 2.03. The summed E-state index contributed by atoms with van der Waals surface area (Å²) in [6, 6.07) is 0. The minimum absolute atomic E-state index is 0.296. The first-order chi connectivity index (χ1) is 5.68. The Morgan fingerprint density at radius 1 is 1.67 bits per heavy atom. The van der Waals surface area contributed by atoms with Crippen LogP contribution in [0.15, 0.2) is 12.2 Å². The number of carboxylic acids is 1. The van der Waals surface area contributed by atoms with Gasteiger partial charge in [-0.2, -0.15) is 0 Å². The maximum Gasteiger partial charge on any atom is 0.307 e. The van der Waals surface area contributed by atoms with Crippen molar-refractivity contribution >= 4 is 5.97 Å². The van der Waals surface area contributed by atoms with E-state index in [-0.39, 0.29) is 5.92 Å². The Morgan fingerprint density at radius 2 is 2.33 bits per heavy atom. The molecule has 70 valence electrons. The Kier molecular flexibility index (Phi) is 6.38. The van der Waals surface area contributed by atoms with Crippen molar-refractivity contribution < 1.29 is 9.90 Å². The highest BCUT2D eigenvalue weighted by atomic mass is 16.4. The number of nitrogens with one attached hydrogen (secondary N) is 1. The van der Waals surface area contributed by atoms with Crippen LogP contribution in [0.5, 0.6) is 0 Å². The summed E-state index contributed by atoms with van der Waals surface area (Å²) in [6.45, 7) is 5.07. The molecule has 0 aliphatic heterocycles. The summed E-state index contributed by atoms with van der Waals surface area (Å²) < 4.78 is 0. The molecule has 0 fully saturated rings. The van der Waals surface area contributed by atoms with Crippen molar-refractivity contribution in [3.05, 3.63) is 12.2 Å². The van der Waals surface area contributed by atoms with E-state index < -0.39 is 5.97 Å². The molecule has 0 amide bonds. The standard InChI is InChI=1S/C9H17NO2/c1-3-4-5-6-10-7-8(2)9(11)12/h3-4,8,10H,5-7H2,1-2H3,(H,11,12)/b4-3+. The molecular weight excluding hydrogens is 154 g/mol. The SMILES string of the molecule is C/C=C/CCNCC(C)C(=O)O. The lowest BCUT2D eigenvalue weighted by atomic mass is 10.2. The monoisotopic (exact) mass is 171 g/mol. The highest BCUT2D eigenvalue weighted by molar-refractivity contribution is 5.69. The molecule has 0 aromatic heterocycles. The molecule has 2 N–H and O–H groups in total. The van der Waals surface area contributed by atoms with Crippen molar-refractivity contribution in [2.75, 3.05) is 13.1 Å². The number of carbonyl (C=O) groups is 1. The summed E-state index contributed by atoms with van der Waals surface area (Å²) in [5, 5.41) is 11.6. The number of allylic oxidation sites excluding steroid dienone is 1. The lowest BCUT2D eigenvalue weighted by Crippen LogP contribution is -2.26. The molecule has 12 heavy (non-hydrogen) atoms. The predicted octanol–water partition coefficient (Wildman–Crippen LogP) is 1.26.